The van der Waals surface area contributed by atoms with Gasteiger partial charge in [0.1, 0.15) is 0 Å². The second kappa shape index (κ2) is 7.20. The molecule has 0 aliphatic carbocycles. The summed E-state index contributed by atoms with van der Waals surface area (Å²) in [5, 5.41) is 14.1. The van der Waals surface area contributed by atoms with Gasteiger partial charge in [0, 0.05) is 19.7 Å². The maximum atomic E-state index is 11.6. The van der Waals surface area contributed by atoms with Crippen LogP contribution < -0.4 is 10.6 Å². The van der Waals surface area contributed by atoms with Crippen LogP contribution in [0.5, 0.6) is 0 Å². The van der Waals surface area contributed by atoms with Crippen molar-refractivity contribution in [3.8, 4) is 0 Å². The molecule has 0 aromatic heterocycles. The Morgan fingerprint density at radius 1 is 1.33 bits per heavy atom. The van der Waals surface area contributed by atoms with Gasteiger partial charge in [-0.05, 0) is 12.3 Å². The number of carbonyl (C=O) groups excluding carboxylic acids is 1. The van der Waals surface area contributed by atoms with Crippen molar-refractivity contribution in [3.05, 3.63) is 0 Å². The van der Waals surface area contributed by atoms with E-state index in [1.165, 1.54) is 0 Å². The second-order valence-electron chi connectivity index (χ2n) is 5.42. The standard InChI is InChI=1S/C12H24N2O4/c1-8(18-5)7-13-11(17)14-9(6-10(15)16)12(2,3)4/h8-9H,6-7H2,1-5H3,(H,15,16)(H2,13,14,17). The van der Waals surface area contributed by atoms with E-state index in [1.54, 1.807) is 7.11 Å². The molecule has 6 nitrogen and oxygen atoms in total. The van der Waals surface area contributed by atoms with Crippen LogP contribution >= 0.6 is 0 Å². The van der Waals surface area contributed by atoms with Crippen LogP contribution in [-0.4, -0.2) is 42.9 Å². The van der Waals surface area contributed by atoms with Crippen LogP contribution in [0.25, 0.3) is 0 Å². The Balaban J connectivity index is 4.32. The highest BCUT2D eigenvalue weighted by molar-refractivity contribution is 5.75. The van der Waals surface area contributed by atoms with Gasteiger partial charge in [-0.15, -0.1) is 0 Å². The van der Waals surface area contributed by atoms with E-state index in [9.17, 15) is 9.59 Å². The number of amides is 2. The minimum Gasteiger partial charge on any atom is -0.481 e. The molecule has 0 aromatic carbocycles. The first kappa shape index (κ1) is 16.7. The van der Waals surface area contributed by atoms with Gasteiger partial charge in [0.05, 0.1) is 12.5 Å². The largest absolute Gasteiger partial charge is 0.481 e. The topological polar surface area (TPSA) is 87.7 Å². The molecule has 6 heteroatoms. The number of hydrogen-bond acceptors (Lipinski definition) is 3. The summed E-state index contributed by atoms with van der Waals surface area (Å²) >= 11 is 0. The molecule has 0 fully saturated rings. The zero-order valence-corrected chi connectivity index (χ0v) is 11.7. The van der Waals surface area contributed by atoms with Gasteiger partial charge in [0.2, 0.25) is 0 Å². The molecule has 0 saturated carbocycles. The smallest absolute Gasteiger partial charge is 0.315 e. The molecule has 0 aromatic rings. The minimum absolute atomic E-state index is 0.0803. The van der Waals surface area contributed by atoms with Crippen molar-refractivity contribution < 1.29 is 19.4 Å². The Hall–Kier alpha value is -1.30. The van der Waals surface area contributed by atoms with Crippen LogP contribution in [-0.2, 0) is 9.53 Å². The highest BCUT2D eigenvalue weighted by Gasteiger charge is 2.28. The molecule has 0 radical (unpaired) electrons. The third-order valence-electron chi connectivity index (χ3n) is 2.68. The Labute approximate surface area is 108 Å². The molecular weight excluding hydrogens is 236 g/mol. The van der Waals surface area contributed by atoms with E-state index >= 15 is 0 Å². The Kier molecular flexibility index (Phi) is 6.68. The Morgan fingerprint density at radius 2 is 1.89 bits per heavy atom. The van der Waals surface area contributed by atoms with E-state index in [2.05, 4.69) is 10.6 Å². The van der Waals surface area contributed by atoms with Crippen molar-refractivity contribution in [3.63, 3.8) is 0 Å². The first-order valence-electron chi connectivity index (χ1n) is 5.95. The van der Waals surface area contributed by atoms with Gasteiger partial charge in [-0.25, -0.2) is 4.79 Å². The van der Waals surface area contributed by atoms with Gasteiger partial charge in [-0.3, -0.25) is 4.79 Å². The van der Waals surface area contributed by atoms with Gasteiger partial charge >= 0.3 is 12.0 Å². The van der Waals surface area contributed by atoms with E-state index < -0.39 is 12.0 Å². The minimum atomic E-state index is -0.930. The molecule has 18 heavy (non-hydrogen) atoms. The van der Waals surface area contributed by atoms with Gasteiger partial charge in [-0.2, -0.15) is 0 Å². The van der Waals surface area contributed by atoms with Crippen molar-refractivity contribution >= 4 is 12.0 Å². The second-order valence-corrected chi connectivity index (χ2v) is 5.42. The fraction of sp³-hybridized carbons (Fsp3) is 0.833. The van der Waals surface area contributed by atoms with E-state index in [1.807, 2.05) is 27.7 Å². The molecule has 0 spiro atoms. The number of carbonyl (C=O) groups is 2. The molecule has 106 valence electrons. The first-order valence-corrected chi connectivity index (χ1v) is 5.95. The first-order chi connectivity index (χ1) is 8.16. The quantitative estimate of drug-likeness (QED) is 0.670. The van der Waals surface area contributed by atoms with Gasteiger partial charge in [-0.1, -0.05) is 20.8 Å². The summed E-state index contributed by atoms with van der Waals surface area (Å²) in [6.07, 6.45) is -0.181. The Bertz CT molecular complexity index is 286. The fourth-order valence-electron chi connectivity index (χ4n) is 1.28. The summed E-state index contributed by atoms with van der Waals surface area (Å²) in [4.78, 5) is 22.4. The number of rotatable bonds is 6. The van der Waals surface area contributed by atoms with E-state index in [0.717, 1.165) is 0 Å². The lowest BCUT2D eigenvalue weighted by molar-refractivity contribution is -0.138. The van der Waals surface area contributed by atoms with Crippen LogP contribution in [0.1, 0.15) is 34.1 Å². The lowest BCUT2D eigenvalue weighted by Gasteiger charge is -2.30. The van der Waals surface area contributed by atoms with Gasteiger partial charge in [0.25, 0.3) is 0 Å². The van der Waals surface area contributed by atoms with Crippen LogP contribution in [0, 0.1) is 5.41 Å². The lowest BCUT2D eigenvalue weighted by Crippen LogP contribution is -2.50. The monoisotopic (exact) mass is 260 g/mol. The average Bonchev–Trinajstić information content (AvgIpc) is 2.23. The van der Waals surface area contributed by atoms with Crippen LogP contribution in [0.15, 0.2) is 0 Å². The summed E-state index contributed by atoms with van der Waals surface area (Å²) in [7, 11) is 1.56. The van der Waals surface area contributed by atoms with Crippen molar-refractivity contribution in [1.29, 1.82) is 0 Å². The number of carboxylic acids is 1. The molecule has 2 amide bonds. The summed E-state index contributed by atoms with van der Waals surface area (Å²) in [6.45, 7) is 7.88. The average molecular weight is 260 g/mol. The van der Waals surface area contributed by atoms with Crippen LogP contribution in [0.3, 0.4) is 0 Å². The zero-order chi connectivity index (χ0) is 14.3. The van der Waals surface area contributed by atoms with Crippen molar-refractivity contribution in [1.82, 2.24) is 10.6 Å². The highest BCUT2D eigenvalue weighted by atomic mass is 16.5. The molecule has 0 aliphatic heterocycles. The van der Waals surface area contributed by atoms with Crippen molar-refractivity contribution in [2.24, 2.45) is 5.41 Å². The van der Waals surface area contributed by atoms with E-state index in [-0.39, 0.29) is 24.0 Å². The molecule has 0 rings (SSSR count). The maximum Gasteiger partial charge on any atom is 0.315 e. The number of carboxylic acid groups (broad SMARTS) is 1. The van der Waals surface area contributed by atoms with E-state index in [4.69, 9.17) is 9.84 Å². The third kappa shape index (κ3) is 7.11. The van der Waals surface area contributed by atoms with Crippen LogP contribution in [0.4, 0.5) is 4.79 Å². The van der Waals surface area contributed by atoms with Crippen molar-refractivity contribution in [2.75, 3.05) is 13.7 Å². The predicted octanol–water partition coefficient (Wildman–Crippen LogP) is 1.21. The molecule has 2 unspecified atom stereocenters. The molecule has 2 atom stereocenters. The molecule has 0 bridgehead atoms. The fourth-order valence-corrected chi connectivity index (χ4v) is 1.28. The number of ether oxygens (including phenoxy) is 1. The van der Waals surface area contributed by atoms with Gasteiger partial charge in [0.15, 0.2) is 0 Å². The normalized spacial score (nSPS) is 14.7. The van der Waals surface area contributed by atoms with Gasteiger partial charge < -0.3 is 20.5 Å². The molecule has 3 N–H and O–H groups in total. The number of hydrogen-bond donors (Lipinski definition) is 3. The number of aliphatic carboxylic acids is 1. The third-order valence-corrected chi connectivity index (χ3v) is 2.68. The van der Waals surface area contributed by atoms with Crippen molar-refractivity contribution in [2.45, 2.75) is 46.3 Å². The number of methoxy groups -OCH3 is 1. The molecule has 0 aliphatic rings. The molecule has 0 heterocycles. The molecule has 0 saturated heterocycles. The summed E-state index contributed by atoms with van der Waals surface area (Å²) in [5.41, 5.74) is -0.317. The predicted molar refractivity (Wildman–Crippen MR) is 68.5 cm³/mol. The lowest BCUT2D eigenvalue weighted by atomic mass is 9.85. The SMILES string of the molecule is COC(C)CNC(=O)NC(CC(=O)O)C(C)(C)C. The summed E-state index contributed by atoms with van der Waals surface area (Å²) in [6, 6.07) is -0.798. The van der Waals surface area contributed by atoms with Crippen LogP contribution in [0.2, 0.25) is 0 Å². The zero-order valence-electron chi connectivity index (χ0n) is 11.7. The number of nitrogens with one attached hydrogen (secondary N) is 2. The number of urea groups is 1. The summed E-state index contributed by atoms with van der Waals surface area (Å²) < 4.78 is 5.00. The van der Waals surface area contributed by atoms with E-state index in [0.29, 0.717) is 6.54 Å². The Morgan fingerprint density at radius 3 is 2.28 bits per heavy atom. The highest BCUT2D eigenvalue weighted by Crippen LogP contribution is 2.21. The summed E-state index contributed by atoms with van der Waals surface area (Å²) in [5.74, 6) is -0.930. The molecular formula is C12H24N2O4. The maximum absolute atomic E-state index is 11.6.